The maximum absolute atomic E-state index is 12.3. The van der Waals surface area contributed by atoms with Crippen molar-refractivity contribution in [2.24, 2.45) is 5.92 Å². The first-order valence-corrected chi connectivity index (χ1v) is 7.90. The Kier molecular flexibility index (Phi) is 5.66. The maximum Gasteiger partial charge on any atom is 0.328 e. The number of esters is 1. The van der Waals surface area contributed by atoms with Crippen LogP contribution < -0.4 is 5.32 Å². The fourth-order valence-corrected chi connectivity index (χ4v) is 2.68. The number of fused-ring (bicyclic) bond motifs is 1. The van der Waals surface area contributed by atoms with E-state index in [1.807, 2.05) is 44.3 Å². The van der Waals surface area contributed by atoms with Crippen molar-refractivity contribution in [2.75, 3.05) is 7.11 Å². The molecule has 1 aromatic heterocycles. The standard InChI is InChI=1S/C17H21ClN2O3/c1-11(2)8-14(17(22)23-3)19-16(21)10-20-7-6-12-4-5-13(18)9-15(12)20/h4-7,9,11,14H,8,10H2,1-3H3,(H,19,21)/t14-/m0/s1. The number of halogens is 1. The monoisotopic (exact) mass is 336 g/mol. The van der Waals surface area contributed by atoms with Crippen LogP contribution in [-0.2, 0) is 20.9 Å². The molecule has 1 heterocycles. The van der Waals surface area contributed by atoms with Crippen molar-refractivity contribution in [3.8, 4) is 0 Å². The largest absolute Gasteiger partial charge is 0.467 e. The van der Waals surface area contributed by atoms with Crippen LogP contribution in [0.25, 0.3) is 10.9 Å². The Hall–Kier alpha value is -2.01. The molecule has 0 fully saturated rings. The predicted octanol–water partition coefficient (Wildman–Crippen LogP) is 3.00. The molecule has 0 aliphatic rings. The third kappa shape index (κ3) is 4.48. The third-order valence-electron chi connectivity index (χ3n) is 3.58. The lowest BCUT2D eigenvalue weighted by molar-refractivity contribution is -0.145. The second kappa shape index (κ2) is 7.51. The molecule has 0 saturated carbocycles. The van der Waals surface area contributed by atoms with Crippen molar-refractivity contribution in [3.05, 3.63) is 35.5 Å². The van der Waals surface area contributed by atoms with Crippen molar-refractivity contribution in [1.82, 2.24) is 9.88 Å². The van der Waals surface area contributed by atoms with Crippen molar-refractivity contribution < 1.29 is 14.3 Å². The zero-order valence-corrected chi connectivity index (χ0v) is 14.3. The van der Waals surface area contributed by atoms with Crippen LogP contribution in [0.15, 0.2) is 30.5 Å². The summed E-state index contributed by atoms with van der Waals surface area (Å²) in [6.45, 7) is 4.10. The van der Waals surface area contributed by atoms with E-state index in [0.717, 1.165) is 10.9 Å². The second-order valence-electron chi connectivity index (χ2n) is 5.92. The zero-order chi connectivity index (χ0) is 17.0. The Morgan fingerprint density at radius 2 is 2.04 bits per heavy atom. The van der Waals surface area contributed by atoms with Gasteiger partial charge in [-0.1, -0.05) is 31.5 Å². The van der Waals surface area contributed by atoms with E-state index in [1.54, 1.807) is 4.57 Å². The number of benzene rings is 1. The molecule has 0 radical (unpaired) electrons. The van der Waals surface area contributed by atoms with Gasteiger partial charge in [0.1, 0.15) is 12.6 Å². The molecule has 0 unspecified atom stereocenters. The van der Waals surface area contributed by atoms with Gasteiger partial charge in [0.15, 0.2) is 0 Å². The Morgan fingerprint density at radius 1 is 1.30 bits per heavy atom. The molecule has 5 nitrogen and oxygen atoms in total. The average molecular weight is 337 g/mol. The summed E-state index contributed by atoms with van der Waals surface area (Å²) in [5.41, 5.74) is 0.881. The van der Waals surface area contributed by atoms with Crippen molar-refractivity contribution in [1.29, 1.82) is 0 Å². The molecule has 124 valence electrons. The van der Waals surface area contributed by atoms with Crippen LogP contribution in [0.4, 0.5) is 0 Å². The number of hydrogen-bond acceptors (Lipinski definition) is 3. The minimum atomic E-state index is -0.627. The molecule has 0 aliphatic heterocycles. The minimum absolute atomic E-state index is 0.120. The van der Waals surface area contributed by atoms with Crippen LogP contribution in [0.5, 0.6) is 0 Å². The molecular formula is C17H21ClN2O3. The van der Waals surface area contributed by atoms with Gasteiger partial charge < -0.3 is 14.6 Å². The molecule has 0 saturated heterocycles. The summed E-state index contributed by atoms with van der Waals surface area (Å²) < 4.78 is 6.56. The molecule has 23 heavy (non-hydrogen) atoms. The number of nitrogens with zero attached hydrogens (tertiary/aromatic N) is 1. The number of carbonyl (C=O) groups is 2. The lowest BCUT2D eigenvalue weighted by Crippen LogP contribution is -2.43. The van der Waals surface area contributed by atoms with Gasteiger partial charge in [-0.25, -0.2) is 4.79 Å². The van der Waals surface area contributed by atoms with E-state index in [2.05, 4.69) is 5.32 Å². The first kappa shape index (κ1) is 17.3. The van der Waals surface area contributed by atoms with Crippen LogP contribution >= 0.6 is 11.6 Å². The van der Waals surface area contributed by atoms with E-state index < -0.39 is 12.0 Å². The van der Waals surface area contributed by atoms with Crippen molar-refractivity contribution in [2.45, 2.75) is 32.9 Å². The van der Waals surface area contributed by atoms with Gasteiger partial charge in [-0.2, -0.15) is 0 Å². The molecule has 0 aliphatic carbocycles. The highest BCUT2D eigenvalue weighted by Gasteiger charge is 2.22. The molecule has 2 aromatic rings. The highest BCUT2D eigenvalue weighted by molar-refractivity contribution is 6.31. The third-order valence-corrected chi connectivity index (χ3v) is 3.81. The summed E-state index contributed by atoms with van der Waals surface area (Å²) in [7, 11) is 1.32. The lowest BCUT2D eigenvalue weighted by atomic mass is 10.0. The van der Waals surface area contributed by atoms with Crippen LogP contribution in [-0.4, -0.2) is 29.6 Å². The Labute approximate surface area is 140 Å². The fourth-order valence-electron chi connectivity index (χ4n) is 2.52. The van der Waals surface area contributed by atoms with E-state index in [-0.39, 0.29) is 18.4 Å². The van der Waals surface area contributed by atoms with Gasteiger partial charge in [-0.3, -0.25) is 4.79 Å². The number of hydrogen-bond donors (Lipinski definition) is 1. The summed E-state index contributed by atoms with van der Waals surface area (Å²) in [4.78, 5) is 24.1. The summed E-state index contributed by atoms with van der Waals surface area (Å²) in [5.74, 6) is -0.392. The summed E-state index contributed by atoms with van der Waals surface area (Å²) in [6.07, 6.45) is 2.37. The SMILES string of the molecule is COC(=O)[C@H](CC(C)C)NC(=O)Cn1ccc2ccc(Cl)cc21. The van der Waals surface area contributed by atoms with Gasteiger partial charge in [-0.15, -0.1) is 0 Å². The van der Waals surface area contributed by atoms with Crippen LogP contribution in [0, 0.1) is 5.92 Å². The topological polar surface area (TPSA) is 60.3 Å². The highest BCUT2D eigenvalue weighted by Crippen LogP contribution is 2.20. The molecule has 0 bridgehead atoms. The maximum atomic E-state index is 12.3. The van der Waals surface area contributed by atoms with Gasteiger partial charge in [0, 0.05) is 16.7 Å². The van der Waals surface area contributed by atoms with E-state index >= 15 is 0 Å². The molecule has 1 aromatic carbocycles. The van der Waals surface area contributed by atoms with Gasteiger partial charge in [0.2, 0.25) is 5.91 Å². The van der Waals surface area contributed by atoms with Gasteiger partial charge in [0.05, 0.1) is 7.11 Å². The minimum Gasteiger partial charge on any atom is -0.467 e. The number of methoxy groups -OCH3 is 1. The molecule has 1 N–H and O–H groups in total. The summed E-state index contributed by atoms with van der Waals surface area (Å²) in [5, 5.41) is 4.37. The van der Waals surface area contributed by atoms with E-state index in [1.165, 1.54) is 7.11 Å². The van der Waals surface area contributed by atoms with E-state index in [9.17, 15) is 9.59 Å². The average Bonchev–Trinajstić information content (AvgIpc) is 2.87. The first-order chi connectivity index (χ1) is 10.9. The lowest BCUT2D eigenvalue weighted by Gasteiger charge is -2.18. The Morgan fingerprint density at radius 3 is 2.70 bits per heavy atom. The number of nitrogens with one attached hydrogen (secondary N) is 1. The quantitative estimate of drug-likeness (QED) is 0.825. The number of amides is 1. The number of aromatic nitrogens is 1. The van der Waals surface area contributed by atoms with Gasteiger partial charge in [-0.05, 0) is 35.9 Å². The Balaban J connectivity index is 2.10. The molecule has 1 amide bonds. The molecule has 2 rings (SSSR count). The zero-order valence-electron chi connectivity index (χ0n) is 13.5. The number of carbonyl (C=O) groups excluding carboxylic acids is 2. The number of rotatable bonds is 6. The predicted molar refractivity (Wildman–Crippen MR) is 90.3 cm³/mol. The summed E-state index contributed by atoms with van der Waals surface area (Å²) in [6, 6.07) is 6.82. The highest BCUT2D eigenvalue weighted by atomic mass is 35.5. The van der Waals surface area contributed by atoms with E-state index in [4.69, 9.17) is 16.3 Å². The smallest absolute Gasteiger partial charge is 0.328 e. The van der Waals surface area contributed by atoms with Gasteiger partial charge in [0.25, 0.3) is 0 Å². The normalized spacial score (nSPS) is 12.4. The van der Waals surface area contributed by atoms with Crippen molar-refractivity contribution in [3.63, 3.8) is 0 Å². The Bertz CT molecular complexity index is 709. The fraction of sp³-hybridized carbons (Fsp3) is 0.412. The second-order valence-corrected chi connectivity index (χ2v) is 6.36. The molecule has 6 heteroatoms. The number of ether oxygens (including phenoxy) is 1. The van der Waals surface area contributed by atoms with Crippen LogP contribution in [0.2, 0.25) is 5.02 Å². The van der Waals surface area contributed by atoms with Crippen LogP contribution in [0.3, 0.4) is 0 Å². The van der Waals surface area contributed by atoms with Crippen LogP contribution in [0.1, 0.15) is 20.3 Å². The van der Waals surface area contributed by atoms with E-state index in [0.29, 0.717) is 11.4 Å². The summed E-state index contributed by atoms with van der Waals surface area (Å²) >= 11 is 6.01. The molecule has 0 spiro atoms. The van der Waals surface area contributed by atoms with Gasteiger partial charge >= 0.3 is 5.97 Å². The van der Waals surface area contributed by atoms with Crippen molar-refractivity contribution >= 4 is 34.4 Å². The molecule has 1 atom stereocenters. The first-order valence-electron chi connectivity index (χ1n) is 7.52. The molecular weight excluding hydrogens is 316 g/mol.